The van der Waals surface area contributed by atoms with Crippen molar-refractivity contribution in [3.63, 3.8) is 0 Å². The summed E-state index contributed by atoms with van der Waals surface area (Å²) in [6, 6.07) is 4.47. The molecule has 1 aliphatic rings. The first-order valence-electron chi connectivity index (χ1n) is 5.64. The first-order chi connectivity index (χ1) is 7.91. The Bertz CT molecular complexity index is 457. The molecule has 0 aliphatic carbocycles. The summed E-state index contributed by atoms with van der Waals surface area (Å²) in [5.41, 5.74) is -0.704. The Hall–Kier alpha value is -1.45. The second kappa shape index (κ2) is 4.09. The zero-order valence-electron chi connectivity index (χ0n) is 9.96. The minimum atomic E-state index is -1.26. The van der Waals surface area contributed by atoms with Crippen LogP contribution in [0.5, 0.6) is 0 Å². The van der Waals surface area contributed by atoms with Gasteiger partial charge in [-0.05, 0) is 26.0 Å². The van der Waals surface area contributed by atoms with Crippen LogP contribution in [-0.2, 0) is 0 Å². The van der Waals surface area contributed by atoms with Gasteiger partial charge in [0.15, 0.2) is 5.78 Å². The first kappa shape index (κ1) is 12.0. The molecule has 1 atom stereocenters. The second-order valence-electron chi connectivity index (χ2n) is 4.78. The molecule has 2 nitrogen and oxygen atoms in total. The van der Waals surface area contributed by atoms with E-state index in [9.17, 15) is 13.6 Å². The average molecular weight is 239 g/mol. The number of carbonyl (C=O) groups is 1. The number of carbonyl (C=O) groups excluding carboxylic acids is 1. The van der Waals surface area contributed by atoms with Crippen LogP contribution < -0.4 is 4.90 Å². The van der Waals surface area contributed by atoms with Gasteiger partial charge >= 0.3 is 0 Å². The third-order valence-corrected chi connectivity index (χ3v) is 3.11. The van der Waals surface area contributed by atoms with Crippen LogP contribution in [0.25, 0.3) is 0 Å². The molecule has 1 fully saturated rings. The van der Waals surface area contributed by atoms with E-state index in [-0.39, 0.29) is 17.9 Å². The third kappa shape index (κ3) is 2.30. The normalized spacial score (nSPS) is 24.1. The van der Waals surface area contributed by atoms with Gasteiger partial charge in [-0.25, -0.2) is 8.78 Å². The Kier molecular flexibility index (Phi) is 2.89. The quantitative estimate of drug-likeness (QED) is 0.739. The largest absolute Gasteiger partial charge is 0.368 e. The maximum absolute atomic E-state index is 13.8. The summed E-state index contributed by atoms with van der Waals surface area (Å²) in [5.74, 6) is -0.868. The van der Waals surface area contributed by atoms with Gasteiger partial charge < -0.3 is 4.90 Å². The SMILES string of the molecule is CC(=O)c1c(F)cccc1N1CCC(C)(F)C1. The van der Waals surface area contributed by atoms with Crippen LogP contribution >= 0.6 is 0 Å². The summed E-state index contributed by atoms with van der Waals surface area (Å²) in [4.78, 5) is 13.2. The van der Waals surface area contributed by atoms with Crippen LogP contribution in [0.1, 0.15) is 30.6 Å². The number of hydrogen-bond donors (Lipinski definition) is 0. The summed E-state index contributed by atoms with van der Waals surface area (Å²) >= 11 is 0. The van der Waals surface area contributed by atoms with Crippen LogP contribution in [0.2, 0.25) is 0 Å². The topological polar surface area (TPSA) is 20.3 Å². The third-order valence-electron chi connectivity index (χ3n) is 3.11. The number of rotatable bonds is 2. The summed E-state index contributed by atoms with van der Waals surface area (Å²) in [5, 5.41) is 0. The lowest BCUT2D eigenvalue weighted by atomic mass is 10.1. The minimum absolute atomic E-state index is 0.0604. The van der Waals surface area contributed by atoms with Gasteiger partial charge in [0.2, 0.25) is 0 Å². The van der Waals surface area contributed by atoms with E-state index in [0.29, 0.717) is 18.7 Å². The van der Waals surface area contributed by atoms with E-state index >= 15 is 0 Å². The lowest BCUT2D eigenvalue weighted by molar-refractivity contribution is 0.101. The highest BCUT2D eigenvalue weighted by molar-refractivity contribution is 6.00. The average Bonchev–Trinajstić information content (AvgIpc) is 2.57. The van der Waals surface area contributed by atoms with Crippen molar-refractivity contribution in [2.75, 3.05) is 18.0 Å². The fourth-order valence-corrected chi connectivity index (χ4v) is 2.25. The highest BCUT2D eigenvalue weighted by Crippen LogP contribution is 2.32. The first-order valence-corrected chi connectivity index (χ1v) is 5.64. The Morgan fingerprint density at radius 3 is 2.71 bits per heavy atom. The smallest absolute Gasteiger partial charge is 0.164 e. The van der Waals surface area contributed by atoms with Crippen molar-refractivity contribution < 1.29 is 13.6 Å². The molecule has 2 rings (SSSR count). The van der Waals surface area contributed by atoms with Crippen molar-refractivity contribution in [3.8, 4) is 0 Å². The minimum Gasteiger partial charge on any atom is -0.368 e. The molecule has 0 aromatic heterocycles. The van der Waals surface area contributed by atoms with Crippen LogP contribution in [0.15, 0.2) is 18.2 Å². The number of Topliss-reactive ketones (excluding diaryl/α,β-unsaturated/α-hetero) is 1. The summed E-state index contributed by atoms with van der Waals surface area (Å²) < 4.78 is 27.4. The van der Waals surface area contributed by atoms with Crippen molar-refractivity contribution in [2.24, 2.45) is 0 Å². The number of nitrogens with zero attached hydrogens (tertiary/aromatic N) is 1. The number of hydrogen-bond acceptors (Lipinski definition) is 2. The molecule has 0 spiro atoms. The molecule has 1 heterocycles. The molecule has 0 bridgehead atoms. The van der Waals surface area contributed by atoms with Crippen molar-refractivity contribution in [2.45, 2.75) is 25.9 Å². The van der Waals surface area contributed by atoms with E-state index < -0.39 is 11.5 Å². The lowest BCUT2D eigenvalue weighted by Crippen LogP contribution is -2.27. The molecule has 0 amide bonds. The lowest BCUT2D eigenvalue weighted by Gasteiger charge is -2.22. The molecular weight excluding hydrogens is 224 g/mol. The summed E-state index contributed by atoms with van der Waals surface area (Å²) in [6.07, 6.45) is 0.404. The molecule has 1 aliphatic heterocycles. The van der Waals surface area contributed by atoms with Gasteiger partial charge in [0.25, 0.3) is 0 Å². The van der Waals surface area contributed by atoms with Crippen LogP contribution in [0.4, 0.5) is 14.5 Å². The molecule has 0 saturated carbocycles. The van der Waals surface area contributed by atoms with E-state index in [1.807, 2.05) is 0 Å². The van der Waals surface area contributed by atoms with Gasteiger partial charge in [0.05, 0.1) is 17.8 Å². The number of ketones is 1. The molecule has 92 valence electrons. The van der Waals surface area contributed by atoms with Crippen molar-refractivity contribution in [1.29, 1.82) is 0 Å². The van der Waals surface area contributed by atoms with Gasteiger partial charge in [-0.15, -0.1) is 0 Å². The molecule has 0 radical (unpaired) electrons. The van der Waals surface area contributed by atoms with E-state index in [1.165, 1.54) is 19.9 Å². The molecule has 0 N–H and O–H groups in total. The predicted molar refractivity (Wildman–Crippen MR) is 62.7 cm³/mol. The van der Waals surface area contributed by atoms with E-state index in [4.69, 9.17) is 0 Å². The maximum atomic E-state index is 13.8. The van der Waals surface area contributed by atoms with Gasteiger partial charge in [-0.2, -0.15) is 0 Å². The Balaban J connectivity index is 2.40. The van der Waals surface area contributed by atoms with Gasteiger partial charge in [-0.3, -0.25) is 4.79 Å². The van der Waals surface area contributed by atoms with Crippen molar-refractivity contribution in [3.05, 3.63) is 29.6 Å². The van der Waals surface area contributed by atoms with E-state index in [1.54, 1.807) is 17.0 Å². The van der Waals surface area contributed by atoms with Gasteiger partial charge in [0, 0.05) is 13.0 Å². The van der Waals surface area contributed by atoms with E-state index in [0.717, 1.165) is 0 Å². The number of halogens is 2. The van der Waals surface area contributed by atoms with Crippen LogP contribution in [0, 0.1) is 5.82 Å². The van der Waals surface area contributed by atoms with Crippen molar-refractivity contribution >= 4 is 11.5 Å². The van der Waals surface area contributed by atoms with Crippen molar-refractivity contribution in [1.82, 2.24) is 0 Å². The Labute approximate surface area is 99.2 Å². The molecular formula is C13H15F2NO. The summed E-state index contributed by atoms with van der Waals surface area (Å²) in [7, 11) is 0. The highest BCUT2D eigenvalue weighted by atomic mass is 19.1. The molecule has 17 heavy (non-hydrogen) atoms. The van der Waals surface area contributed by atoms with Gasteiger partial charge in [0.1, 0.15) is 11.5 Å². The molecule has 4 heteroatoms. The Morgan fingerprint density at radius 2 is 2.18 bits per heavy atom. The number of anilines is 1. The predicted octanol–water partition coefficient (Wildman–Crippen LogP) is 2.97. The fraction of sp³-hybridized carbons (Fsp3) is 0.462. The van der Waals surface area contributed by atoms with Gasteiger partial charge in [-0.1, -0.05) is 6.07 Å². The zero-order valence-corrected chi connectivity index (χ0v) is 9.96. The molecule has 1 saturated heterocycles. The molecule has 1 aromatic carbocycles. The zero-order chi connectivity index (χ0) is 12.6. The summed E-state index contributed by atoms with van der Waals surface area (Å²) in [6.45, 7) is 3.57. The molecule has 1 aromatic rings. The standard InChI is InChI=1S/C13H15F2NO/c1-9(17)12-10(14)4-3-5-11(12)16-7-6-13(2,15)8-16/h3-5H,6-8H2,1-2H3. The van der Waals surface area contributed by atoms with Crippen LogP contribution in [0.3, 0.4) is 0 Å². The monoisotopic (exact) mass is 239 g/mol. The van der Waals surface area contributed by atoms with Crippen LogP contribution in [-0.4, -0.2) is 24.5 Å². The number of alkyl halides is 1. The number of benzene rings is 1. The highest BCUT2D eigenvalue weighted by Gasteiger charge is 2.35. The Morgan fingerprint density at radius 1 is 1.47 bits per heavy atom. The maximum Gasteiger partial charge on any atom is 0.164 e. The molecule has 1 unspecified atom stereocenters. The van der Waals surface area contributed by atoms with E-state index in [2.05, 4.69) is 0 Å². The fourth-order valence-electron chi connectivity index (χ4n) is 2.25. The second-order valence-corrected chi connectivity index (χ2v) is 4.78.